The highest BCUT2D eigenvalue weighted by Gasteiger charge is 2.33. The number of carbonyl (C=O) groups is 1. The van der Waals surface area contributed by atoms with Gasteiger partial charge >= 0.3 is 12.2 Å². The number of anilines is 1. The molecule has 0 bridgehead atoms. The molecule has 0 radical (unpaired) electrons. The monoisotopic (exact) mass is 280 g/mol. The number of amides is 1. The normalized spacial score (nSPS) is 10.9. The molecule has 0 aliphatic carbocycles. The Morgan fingerprint density at radius 2 is 2.15 bits per heavy atom. The summed E-state index contributed by atoms with van der Waals surface area (Å²) in [6, 6.07) is 3.76. The van der Waals surface area contributed by atoms with Gasteiger partial charge in [0.2, 0.25) is 0 Å². The number of nitrogens with zero attached hydrogens (tertiary/aromatic N) is 3. The zero-order chi connectivity index (χ0) is 14.8. The van der Waals surface area contributed by atoms with Crippen molar-refractivity contribution in [1.82, 2.24) is 9.55 Å². The molecule has 0 saturated heterocycles. The van der Waals surface area contributed by atoms with E-state index >= 15 is 0 Å². The van der Waals surface area contributed by atoms with Gasteiger partial charge < -0.3 is 5.32 Å². The molecule has 0 spiro atoms. The first-order valence-corrected chi connectivity index (χ1v) is 5.32. The minimum atomic E-state index is -4.67. The average molecular weight is 280 g/mol. The molecule has 0 aliphatic rings. The van der Waals surface area contributed by atoms with Gasteiger partial charge in [-0.2, -0.15) is 18.4 Å². The van der Waals surface area contributed by atoms with Crippen molar-refractivity contribution in [2.75, 3.05) is 5.32 Å². The van der Waals surface area contributed by atoms with Crippen LogP contribution in [0.15, 0.2) is 36.9 Å². The maximum absolute atomic E-state index is 12.7. The molecule has 0 atom stereocenters. The minimum Gasteiger partial charge on any atom is -0.307 e. The molecule has 1 aromatic heterocycles. The standard InChI is InChI=1S/C12H7F3N4O/c13-12(14,15)10-5-9(2-1-8(10)6-16)18-11(20)19-4-3-17-7-19/h1-5,7H,(H,18,20). The molecule has 0 saturated carbocycles. The lowest BCUT2D eigenvalue weighted by molar-refractivity contribution is -0.137. The van der Waals surface area contributed by atoms with Crippen molar-refractivity contribution in [3.8, 4) is 6.07 Å². The number of alkyl halides is 3. The zero-order valence-electron chi connectivity index (χ0n) is 9.85. The molecule has 1 amide bonds. The van der Waals surface area contributed by atoms with Gasteiger partial charge in [-0.05, 0) is 18.2 Å². The van der Waals surface area contributed by atoms with Crippen molar-refractivity contribution >= 4 is 11.7 Å². The molecule has 2 rings (SSSR count). The van der Waals surface area contributed by atoms with Crippen molar-refractivity contribution in [3.63, 3.8) is 0 Å². The SMILES string of the molecule is N#Cc1ccc(NC(=O)n2ccnc2)cc1C(F)(F)F. The van der Waals surface area contributed by atoms with Gasteiger partial charge in [-0.3, -0.25) is 4.57 Å². The fourth-order valence-corrected chi connectivity index (χ4v) is 1.52. The van der Waals surface area contributed by atoms with E-state index < -0.39 is 23.3 Å². The van der Waals surface area contributed by atoms with Gasteiger partial charge in [-0.25, -0.2) is 9.78 Å². The third kappa shape index (κ3) is 2.77. The topological polar surface area (TPSA) is 70.7 Å². The van der Waals surface area contributed by atoms with Crippen molar-refractivity contribution in [2.24, 2.45) is 0 Å². The highest BCUT2D eigenvalue weighted by molar-refractivity contribution is 5.91. The van der Waals surface area contributed by atoms with Crippen molar-refractivity contribution in [3.05, 3.63) is 48.0 Å². The Labute approximate surface area is 111 Å². The molecule has 1 heterocycles. The Kier molecular flexibility index (Phi) is 3.43. The maximum Gasteiger partial charge on any atom is 0.417 e. The van der Waals surface area contributed by atoms with Crippen LogP contribution in [0.3, 0.4) is 0 Å². The maximum atomic E-state index is 12.7. The Morgan fingerprint density at radius 1 is 1.40 bits per heavy atom. The number of aromatic nitrogens is 2. The summed E-state index contributed by atoms with van der Waals surface area (Å²) in [6.45, 7) is 0. The van der Waals surface area contributed by atoms with Crippen LogP contribution in [-0.2, 0) is 6.18 Å². The van der Waals surface area contributed by atoms with E-state index in [0.29, 0.717) is 6.07 Å². The van der Waals surface area contributed by atoms with Crippen LogP contribution in [-0.4, -0.2) is 15.6 Å². The molecule has 2 aromatic rings. The zero-order valence-corrected chi connectivity index (χ0v) is 9.85. The van der Waals surface area contributed by atoms with E-state index in [1.54, 1.807) is 0 Å². The first-order chi connectivity index (χ1) is 9.41. The molecular formula is C12H7F3N4O. The summed E-state index contributed by atoms with van der Waals surface area (Å²) < 4.78 is 39.3. The number of hydrogen-bond acceptors (Lipinski definition) is 3. The third-order valence-electron chi connectivity index (χ3n) is 2.44. The fourth-order valence-electron chi connectivity index (χ4n) is 1.52. The van der Waals surface area contributed by atoms with E-state index in [1.807, 2.05) is 0 Å². The Hall–Kier alpha value is -2.82. The molecule has 0 unspecified atom stereocenters. The number of carbonyl (C=O) groups excluding carboxylic acids is 1. The van der Waals surface area contributed by atoms with Gasteiger partial charge in [-0.15, -0.1) is 0 Å². The molecule has 1 N–H and O–H groups in total. The first kappa shape index (κ1) is 13.6. The lowest BCUT2D eigenvalue weighted by Gasteiger charge is -2.11. The second kappa shape index (κ2) is 5.05. The highest BCUT2D eigenvalue weighted by Crippen LogP contribution is 2.33. The molecule has 102 valence electrons. The van der Waals surface area contributed by atoms with E-state index in [9.17, 15) is 18.0 Å². The van der Waals surface area contributed by atoms with Crippen LogP contribution in [0.5, 0.6) is 0 Å². The second-order valence-corrected chi connectivity index (χ2v) is 3.77. The van der Waals surface area contributed by atoms with Crippen molar-refractivity contribution in [1.29, 1.82) is 5.26 Å². The Balaban J connectivity index is 2.31. The van der Waals surface area contributed by atoms with Crippen molar-refractivity contribution < 1.29 is 18.0 Å². The lowest BCUT2D eigenvalue weighted by Crippen LogP contribution is -2.18. The minimum absolute atomic E-state index is 0.0602. The van der Waals surface area contributed by atoms with E-state index in [1.165, 1.54) is 30.9 Å². The molecule has 8 heteroatoms. The third-order valence-corrected chi connectivity index (χ3v) is 2.44. The number of imidazole rings is 1. The van der Waals surface area contributed by atoms with Crippen LogP contribution < -0.4 is 5.32 Å². The van der Waals surface area contributed by atoms with E-state index in [2.05, 4.69) is 10.3 Å². The smallest absolute Gasteiger partial charge is 0.307 e. The number of rotatable bonds is 1. The first-order valence-electron chi connectivity index (χ1n) is 5.32. The predicted molar refractivity (Wildman–Crippen MR) is 62.8 cm³/mol. The number of halogens is 3. The Bertz CT molecular complexity index is 671. The van der Waals surface area contributed by atoms with Gasteiger partial charge in [0.25, 0.3) is 0 Å². The fraction of sp³-hybridized carbons (Fsp3) is 0.0833. The largest absolute Gasteiger partial charge is 0.417 e. The summed E-state index contributed by atoms with van der Waals surface area (Å²) in [5.41, 5.74) is -1.66. The van der Waals surface area contributed by atoms with Crippen LogP contribution >= 0.6 is 0 Å². The van der Waals surface area contributed by atoms with Crippen molar-refractivity contribution in [2.45, 2.75) is 6.18 Å². The van der Waals surface area contributed by atoms with Crippen LogP contribution in [0.1, 0.15) is 11.1 Å². The summed E-state index contributed by atoms with van der Waals surface area (Å²) in [4.78, 5) is 15.3. The highest BCUT2D eigenvalue weighted by atomic mass is 19.4. The summed E-state index contributed by atoms with van der Waals surface area (Å²) in [6.07, 6.45) is -0.742. The van der Waals surface area contributed by atoms with Crippen LogP contribution in [0.4, 0.5) is 23.7 Å². The van der Waals surface area contributed by atoms with E-state index in [-0.39, 0.29) is 5.69 Å². The summed E-state index contributed by atoms with van der Waals surface area (Å²) in [5, 5.41) is 10.9. The van der Waals surface area contributed by atoms with Gasteiger partial charge in [0.15, 0.2) is 0 Å². The summed E-state index contributed by atoms with van der Waals surface area (Å²) in [7, 11) is 0. The van der Waals surface area contributed by atoms with E-state index in [0.717, 1.165) is 10.6 Å². The van der Waals surface area contributed by atoms with Gasteiger partial charge in [0.05, 0.1) is 17.2 Å². The number of nitrogens with one attached hydrogen (secondary N) is 1. The molecule has 1 aromatic carbocycles. The number of nitriles is 1. The quantitative estimate of drug-likeness (QED) is 0.873. The molecule has 0 fully saturated rings. The molecule has 0 aliphatic heterocycles. The van der Waals surface area contributed by atoms with Crippen LogP contribution in [0, 0.1) is 11.3 Å². The number of benzene rings is 1. The summed E-state index contributed by atoms with van der Waals surface area (Å²) in [5.74, 6) is 0. The predicted octanol–water partition coefficient (Wildman–Crippen LogP) is 2.85. The van der Waals surface area contributed by atoms with Crippen LogP contribution in [0.2, 0.25) is 0 Å². The lowest BCUT2D eigenvalue weighted by atomic mass is 10.1. The average Bonchev–Trinajstić information content (AvgIpc) is 2.91. The van der Waals surface area contributed by atoms with Gasteiger partial charge in [0, 0.05) is 18.1 Å². The Morgan fingerprint density at radius 3 is 2.70 bits per heavy atom. The molecule has 20 heavy (non-hydrogen) atoms. The van der Waals surface area contributed by atoms with Crippen LogP contribution in [0.25, 0.3) is 0 Å². The second-order valence-electron chi connectivity index (χ2n) is 3.77. The molecule has 5 nitrogen and oxygen atoms in total. The van der Waals surface area contributed by atoms with E-state index in [4.69, 9.17) is 5.26 Å². The number of hydrogen-bond donors (Lipinski definition) is 1. The summed E-state index contributed by atoms with van der Waals surface area (Å²) >= 11 is 0. The molecular weight excluding hydrogens is 273 g/mol. The van der Waals surface area contributed by atoms with Gasteiger partial charge in [-0.1, -0.05) is 0 Å². The van der Waals surface area contributed by atoms with Gasteiger partial charge in [0.1, 0.15) is 6.33 Å².